The molecule has 2 aliphatic carbocycles. The normalized spacial score (nSPS) is 22.4. The predicted octanol–water partition coefficient (Wildman–Crippen LogP) is 3.99. The number of rotatable bonds is 5. The van der Waals surface area contributed by atoms with Crippen LogP contribution < -0.4 is 16.1 Å². The zero-order valence-corrected chi connectivity index (χ0v) is 18.8. The summed E-state index contributed by atoms with van der Waals surface area (Å²) in [4.78, 5) is 12.4. The molecular weight excluding hydrogens is 424 g/mol. The fourth-order valence-corrected chi connectivity index (χ4v) is 5.81. The molecule has 1 fully saturated rings. The van der Waals surface area contributed by atoms with Crippen molar-refractivity contribution in [3.05, 3.63) is 58.1 Å². The summed E-state index contributed by atoms with van der Waals surface area (Å²) in [6.45, 7) is 0.190. The number of nitrogens with zero attached hydrogens (tertiary/aromatic N) is 2. The van der Waals surface area contributed by atoms with Crippen LogP contribution in [0.3, 0.4) is 0 Å². The first-order valence-electron chi connectivity index (χ1n) is 11.5. The van der Waals surface area contributed by atoms with E-state index in [4.69, 9.17) is 27.5 Å². The highest BCUT2D eigenvalue weighted by Crippen LogP contribution is 2.45. The number of aliphatic hydroxyl groups excluding tert-OH is 1. The van der Waals surface area contributed by atoms with E-state index >= 15 is 0 Å². The second-order valence-corrected chi connectivity index (χ2v) is 9.47. The van der Waals surface area contributed by atoms with Crippen molar-refractivity contribution in [2.75, 3.05) is 23.9 Å². The van der Waals surface area contributed by atoms with E-state index in [0.717, 1.165) is 29.8 Å². The Kier molecular flexibility index (Phi) is 5.82. The molecule has 1 amide bonds. The summed E-state index contributed by atoms with van der Waals surface area (Å²) in [6, 6.07) is 12.0. The van der Waals surface area contributed by atoms with E-state index in [0.29, 0.717) is 34.2 Å². The highest BCUT2D eigenvalue weighted by molar-refractivity contribution is 6.33. The first-order valence-corrected chi connectivity index (χ1v) is 11.9. The van der Waals surface area contributed by atoms with Crippen molar-refractivity contribution in [3.63, 3.8) is 0 Å². The lowest BCUT2D eigenvalue weighted by molar-refractivity contribution is 0.0944. The van der Waals surface area contributed by atoms with Crippen LogP contribution in [0.1, 0.15) is 53.6 Å². The maximum Gasteiger partial charge on any atom is 0.251 e. The molecule has 4 N–H and O–H groups in total. The third kappa shape index (κ3) is 3.76. The van der Waals surface area contributed by atoms with Crippen molar-refractivity contribution in [1.29, 1.82) is 0 Å². The molecule has 7 heteroatoms. The summed E-state index contributed by atoms with van der Waals surface area (Å²) in [6.07, 6.45) is 6.98. The molecule has 1 aliphatic heterocycles. The number of benzene rings is 2. The van der Waals surface area contributed by atoms with Crippen molar-refractivity contribution in [1.82, 2.24) is 5.32 Å². The van der Waals surface area contributed by atoms with Crippen LogP contribution in [-0.4, -0.2) is 35.9 Å². The maximum atomic E-state index is 12.4. The van der Waals surface area contributed by atoms with Crippen LogP contribution in [0.2, 0.25) is 5.02 Å². The van der Waals surface area contributed by atoms with Gasteiger partial charge < -0.3 is 16.2 Å². The minimum Gasteiger partial charge on any atom is -0.398 e. The topological polar surface area (TPSA) is 91.0 Å². The molecule has 1 saturated carbocycles. The molecule has 0 saturated heterocycles. The van der Waals surface area contributed by atoms with Gasteiger partial charge in [-0.1, -0.05) is 30.5 Å². The molecule has 32 heavy (non-hydrogen) atoms. The van der Waals surface area contributed by atoms with Crippen LogP contribution in [0.25, 0.3) is 0 Å². The van der Waals surface area contributed by atoms with Gasteiger partial charge in [0.2, 0.25) is 0 Å². The second-order valence-electron chi connectivity index (χ2n) is 9.07. The molecule has 1 heterocycles. The standard InChI is InChI=1S/C25H29ClN4O2/c26-21-14-18(7-10-22(21)27)30-24(15-3-1-2-4-15)20-9-5-16-13-17(25(32)28-11-12-31)6-8-19(16)23(20)29-30/h6-8,10,13-15,20,24,31H,1-5,9,11-12,27H2,(H,28,32)/t20-,24-/m0/s1. The van der Waals surface area contributed by atoms with Crippen molar-refractivity contribution >= 4 is 34.6 Å². The molecule has 2 atom stereocenters. The zero-order valence-electron chi connectivity index (χ0n) is 18.1. The van der Waals surface area contributed by atoms with E-state index in [-0.39, 0.29) is 19.1 Å². The molecule has 5 rings (SSSR count). The Morgan fingerprint density at radius 2 is 2.00 bits per heavy atom. The molecular formula is C25H29ClN4O2. The van der Waals surface area contributed by atoms with E-state index in [9.17, 15) is 4.79 Å². The number of anilines is 2. The minimum atomic E-state index is -0.153. The number of nitrogens with one attached hydrogen (secondary N) is 1. The number of fused-ring (bicyclic) bond motifs is 3. The van der Waals surface area contributed by atoms with Crippen molar-refractivity contribution in [3.8, 4) is 0 Å². The molecule has 0 aromatic heterocycles. The first kappa shape index (κ1) is 21.3. The molecule has 0 spiro atoms. The van der Waals surface area contributed by atoms with Gasteiger partial charge in [-0.05, 0) is 67.5 Å². The summed E-state index contributed by atoms with van der Waals surface area (Å²) < 4.78 is 0. The molecule has 2 aromatic carbocycles. The largest absolute Gasteiger partial charge is 0.398 e. The third-order valence-electron chi connectivity index (χ3n) is 7.16. The Hall–Kier alpha value is -2.57. The zero-order chi connectivity index (χ0) is 22.2. The number of hydrogen-bond acceptors (Lipinski definition) is 5. The van der Waals surface area contributed by atoms with Gasteiger partial charge >= 0.3 is 0 Å². The van der Waals surface area contributed by atoms with Gasteiger partial charge in [0.25, 0.3) is 5.91 Å². The summed E-state index contributed by atoms with van der Waals surface area (Å²) >= 11 is 6.36. The fourth-order valence-electron chi connectivity index (χ4n) is 5.64. The Morgan fingerprint density at radius 3 is 2.75 bits per heavy atom. The fraction of sp³-hybridized carbons (Fsp3) is 0.440. The summed E-state index contributed by atoms with van der Waals surface area (Å²) in [5.74, 6) is 0.831. The minimum absolute atomic E-state index is 0.0668. The van der Waals surface area contributed by atoms with Gasteiger partial charge in [-0.25, -0.2) is 0 Å². The Balaban J connectivity index is 1.51. The van der Waals surface area contributed by atoms with Crippen LogP contribution in [0.15, 0.2) is 41.5 Å². The van der Waals surface area contributed by atoms with E-state index in [1.54, 1.807) is 0 Å². The van der Waals surface area contributed by atoms with E-state index < -0.39 is 0 Å². The lowest BCUT2D eigenvalue weighted by atomic mass is 9.74. The first-order chi connectivity index (χ1) is 15.6. The van der Waals surface area contributed by atoms with E-state index in [1.807, 2.05) is 36.4 Å². The third-order valence-corrected chi connectivity index (χ3v) is 7.49. The van der Waals surface area contributed by atoms with Gasteiger partial charge in [-0.15, -0.1) is 0 Å². The van der Waals surface area contributed by atoms with Gasteiger partial charge in [-0.2, -0.15) is 5.10 Å². The maximum absolute atomic E-state index is 12.4. The highest BCUT2D eigenvalue weighted by atomic mass is 35.5. The summed E-state index contributed by atoms with van der Waals surface area (Å²) in [5, 5.41) is 19.6. The van der Waals surface area contributed by atoms with E-state index in [1.165, 1.54) is 31.2 Å². The number of halogens is 1. The molecule has 0 bridgehead atoms. The predicted molar refractivity (Wildman–Crippen MR) is 128 cm³/mol. The van der Waals surface area contributed by atoms with Gasteiger partial charge in [-0.3, -0.25) is 9.80 Å². The lowest BCUT2D eigenvalue weighted by Gasteiger charge is -2.34. The van der Waals surface area contributed by atoms with Crippen LogP contribution in [-0.2, 0) is 6.42 Å². The van der Waals surface area contributed by atoms with Crippen molar-refractivity contribution < 1.29 is 9.90 Å². The number of carbonyl (C=O) groups excluding carboxylic acids is 1. The number of nitrogen functional groups attached to an aromatic ring is 1. The van der Waals surface area contributed by atoms with E-state index in [2.05, 4.69) is 10.3 Å². The van der Waals surface area contributed by atoms with Crippen LogP contribution in [0.4, 0.5) is 11.4 Å². The Labute approximate surface area is 193 Å². The number of hydrazone groups is 1. The average molecular weight is 453 g/mol. The quantitative estimate of drug-likeness (QED) is 0.598. The number of amides is 1. The highest BCUT2D eigenvalue weighted by Gasteiger charge is 2.45. The number of aliphatic hydroxyl groups is 1. The lowest BCUT2D eigenvalue weighted by Crippen LogP contribution is -2.40. The number of carbonyl (C=O) groups is 1. The smallest absolute Gasteiger partial charge is 0.251 e. The number of hydrogen-bond donors (Lipinski definition) is 3. The summed E-state index contributed by atoms with van der Waals surface area (Å²) in [5.41, 5.74) is 11.6. The number of nitrogens with two attached hydrogens (primary N) is 1. The monoisotopic (exact) mass is 452 g/mol. The molecule has 0 unspecified atom stereocenters. The second kappa shape index (κ2) is 8.75. The van der Waals surface area contributed by atoms with Gasteiger partial charge in [0.05, 0.1) is 34.8 Å². The van der Waals surface area contributed by atoms with Crippen molar-refractivity contribution in [2.45, 2.75) is 44.6 Å². The van der Waals surface area contributed by atoms with Crippen LogP contribution in [0, 0.1) is 11.8 Å². The molecule has 6 nitrogen and oxygen atoms in total. The molecule has 168 valence electrons. The molecule has 2 aromatic rings. The SMILES string of the molecule is Nc1ccc(N2N=C3c4ccc(C(=O)NCCO)cc4CC[C@@H]3[C@@H]2C2CCCC2)cc1Cl. The molecule has 3 aliphatic rings. The van der Waals surface area contributed by atoms with Gasteiger partial charge in [0.1, 0.15) is 0 Å². The Morgan fingerprint density at radius 1 is 1.19 bits per heavy atom. The van der Waals surface area contributed by atoms with Crippen molar-refractivity contribution in [2.24, 2.45) is 16.9 Å². The average Bonchev–Trinajstić information content (AvgIpc) is 3.46. The molecule has 0 radical (unpaired) electrons. The Bertz CT molecular complexity index is 1060. The van der Waals surface area contributed by atoms with Gasteiger partial charge in [0.15, 0.2) is 0 Å². The summed E-state index contributed by atoms with van der Waals surface area (Å²) in [7, 11) is 0. The number of aryl methyl sites for hydroxylation is 1. The van der Waals surface area contributed by atoms with Crippen LogP contribution in [0.5, 0.6) is 0 Å². The van der Waals surface area contributed by atoms with Gasteiger partial charge in [0, 0.05) is 23.6 Å². The van der Waals surface area contributed by atoms with Crippen LogP contribution >= 0.6 is 11.6 Å².